The molecule has 0 bridgehead atoms. The number of rotatable bonds is 4. The molecule has 0 fully saturated rings. The maximum Gasteiger partial charge on any atom is 4.00 e. The Labute approximate surface area is 261 Å². The SMILES string of the molecule is Cc1cc(C)cc(-c2cccc3[cH-]c([Si](C)(C)c4cc5c(-c6cc(C)cc(C)c6)cccc5[cH-]4)cc23)c1.[CH3-].[CH3-].[Hf+4]. The van der Waals surface area contributed by atoms with Gasteiger partial charge >= 0.3 is 25.8 Å². The first-order valence-corrected chi connectivity index (χ1v) is 16.3. The summed E-state index contributed by atoms with van der Waals surface area (Å²) in [5.41, 5.74) is 10.6. The Morgan fingerprint density at radius 2 is 0.850 bits per heavy atom. The molecule has 0 saturated carbocycles. The summed E-state index contributed by atoms with van der Waals surface area (Å²) in [7, 11) is -1.91. The van der Waals surface area contributed by atoms with E-state index < -0.39 is 8.07 Å². The first-order chi connectivity index (χ1) is 17.7. The summed E-state index contributed by atoms with van der Waals surface area (Å²) in [5.74, 6) is 0. The predicted octanol–water partition coefficient (Wildman–Crippen LogP) is 9.72. The predicted molar refractivity (Wildman–Crippen MR) is 178 cm³/mol. The Morgan fingerprint density at radius 3 is 1.20 bits per heavy atom. The second kappa shape index (κ2) is 12.0. The fourth-order valence-corrected chi connectivity index (χ4v) is 8.50. The van der Waals surface area contributed by atoms with Gasteiger partial charge in [0.25, 0.3) is 0 Å². The summed E-state index contributed by atoms with van der Waals surface area (Å²) in [4.78, 5) is 0. The molecule has 40 heavy (non-hydrogen) atoms. The molecule has 0 aliphatic carbocycles. The zero-order valence-electron chi connectivity index (χ0n) is 25.2. The van der Waals surface area contributed by atoms with E-state index in [9.17, 15) is 0 Å². The van der Waals surface area contributed by atoms with Gasteiger partial charge in [-0.05, 0) is 38.8 Å². The van der Waals surface area contributed by atoms with Gasteiger partial charge in [0.2, 0.25) is 0 Å². The van der Waals surface area contributed by atoms with Crippen molar-refractivity contribution in [2.75, 3.05) is 0 Å². The Kier molecular flexibility index (Phi) is 9.49. The van der Waals surface area contributed by atoms with Gasteiger partial charge in [0.05, 0.1) is 8.07 Å². The molecule has 6 aromatic carbocycles. The number of hydrogen-bond donors (Lipinski definition) is 0. The van der Waals surface area contributed by atoms with Crippen LogP contribution in [0.2, 0.25) is 13.1 Å². The Balaban J connectivity index is 0.00000147. The first-order valence-electron chi connectivity index (χ1n) is 13.3. The van der Waals surface area contributed by atoms with E-state index in [0.717, 1.165) is 0 Å². The molecular weight excluding hydrogens is 663 g/mol. The van der Waals surface area contributed by atoms with E-state index in [1.54, 1.807) is 0 Å². The van der Waals surface area contributed by atoms with Crippen molar-refractivity contribution in [2.45, 2.75) is 40.8 Å². The van der Waals surface area contributed by atoms with E-state index in [0.29, 0.717) is 0 Å². The number of fused-ring (bicyclic) bond motifs is 2. The van der Waals surface area contributed by atoms with E-state index in [4.69, 9.17) is 0 Å². The van der Waals surface area contributed by atoms with Crippen molar-refractivity contribution in [3.05, 3.63) is 134 Å². The molecule has 0 spiro atoms. The summed E-state index contributed by atoms with van der Waals surface area (Å²) in [5, 5.41) is 8.44. The van der Waals surface area contributed by atoms with Crippen LogP contribution in [0.1, 0.15) is 22.3 Å². The minimum atomic E-state index is -1.91. The van der Waals surface area contributed by atoms with Crippen LogP contribution < -0.4 is 10.4 Å². The van der Waals surface area contributed by atoms with Gasteiger partial charge in [0.15, 0.2) is 0 Å². The average molecular weight is 703 g/mol. The van der Waals surface area contributed by atoms with Crippen molar-refractivity contribution >= 4 is 40.0 Å². The molecule has 0 atom stereocenters. The standard InChI is InChI=1S/C36H34Si.2CH3.Hf/c1-23-13-24(2)16-29(15-23)33-11-7-9-27-19-31(21-35(27)33)37(5,6)32-20-28-10-8-12-34(36(28)22-32)30-17-25(3)14-26(4)18-30;;;/h7-22H,1-6H3;2*1H3;/q-2;2*-1;+4. The molecule has 2 heteroatoms. The van der Waals surface area contributed by atoms with E-state index in [1.165, 1.54) is 76.4 Å². The third-order valence-electron chi connectivity index (χ3n) is 8.01. The number of benzene rings is 4. The molecule has 0 amide bonds. The molecular formula is C38H40HfSi. The number of aryl methyl sites for hydroxylation is 4. The van der Waals surface area contributed by atoms with Crippen LogP contribution in [0.25, 0.3) is 43.8 Å². The van der Waals surface area contributed by atoms with Gasteiger partial charge in [-0.1, -0.05) is 95.0 Å². The molecule has 0 aliphatic heterocycles. The summed E-state index contributed by atoms with van der Waals surface area (Å²) in [6.07, 6.45) is 0. The minimum absolute atomic E-state index is 0. The van der Waals surface area contributed by atoms with Crippen LogP contribution in [0.15, 0.2) is 97.1 Å². The van der Waals surface area contributed by atoms with Gasteiger partial charge in [-0.3, -0.25) is 0 Å². The van der Waals surface area contributed by atoms with Gasteiger partial charge in [-0.25, -0.2) is 0 Å². The quantitative estimate of drug-likeness (QED) is 0.127. The topological polar surface area (TPSA) is 0 Å². The normalized spacial score (nSPS) is 11.2. The third-order valence-corrected chi connectivity index (χ3v) is 11.5. The molecule has 0 saturated heterocycles. The zero-order valence-corrected chi connectivity index (χ0v) is 29.8. The molecule has 0 aliphatic rings. The van der Waals surface area contributed by atoms with Crippen molar-refractivity contribution < 1.29 is 25.8 Å². The van der Waals surface area contributed by atoms with Gasteiger partial charge < -0.3 is 14.9 Å². The maximum atomic E-state index is 2.50. The molecule has 0 radical (unpaired) electrons. The van der Waals surface area contributed by atoms with Gasteiger partial charge in [0.1, 0.15) is 0 Å². The Bertz CT molecular complexity index is 1620. The molecule has 0 unspecified atom stereocenters. The second-order valence-corrected chi connectivity index (χ2v) is 15.9. The molecule has 0 nitrogen and oxygen atoms in total. The maximum absolute atomic E-state index is 2.50. The largest absolute Gasteiger partial charge is 4.00 e. The van der Waals surface area contributed by atoms with Crippen LogP contribution in [-0.2, 0) is 25.8 Å². The van der Waals surface area contributed by atoms with Crippen LogP contribution in [0.3, 0.4) is 0 Å². The van der Waals surface area contributed by atoms with E-state index in [2.05, 4.69) is 138 Å². The van der Waals surface area contributed by atoms with E-state index >= 15 is 0 Å². The molecule has 6 rings (SSSR count). The zero-order chi connectivity index (χ0) is 25.9. The Hall–Kier alpha value is -2.81. The van der Waals surface area contributed by atoms with Gasteiger partial charge in [-0.15, -0.1) is 68.3 Å². The van der Waals surface area contributed by atoms with Crippen LogP contribution >= 0.6 is 0 Å². The first kappa shape index (κ1) is 31.7. The molecule has 0 N–H and O–H groups in total. The molecule has 6 aromatic rings. The van der Waals surface area contributed by atoms with Gasteiger partial charge in [-0.2, -0.15) is 12.1 Å². The van der Waals surface area contributed by atoms with Crippen molar-refractivity contribution in [1.82, 2.24) is 0 Å². The van der Waals surface area contributed by atoms with Crippen molar-refractivity contribution in [2.24, 2.45) is 0 Å². The smallest absolute Gasteiger partial charge is 0.358 e. The molecule has 0 heterocycles. The van der Waals surface area contributed by atoms with Crippen LogP contribution in [0, 0.1) is 42.5 Å². The summed E-state index contributed by atoms with van der Waals surface area (Å²) in [6, 6.07) is 37.2. The van der Waals surface area contributed by atoms with E-state index in [-0.39, 0.29) is 40.7 Å². The summed E-state index contributed by atoms with van der Waals surface area (Å²) < 4.78 is 0. The minimum Gasteiger partial charge on any atom is -0.358 e. The Morgan fingerprint density at radius 1 is 0.500 bits per heavy atom. The summed E-state index contributed by atoms with van der Waals surface area (Å²) >= 11 is 0. The van der Waals surface area contributed by atoms with Crippen LogP contribution in [0.4, 0.5) is 0 Å². The van der Waals surface area contributed by atoms with Crippen molar-refractivity contribution in [3.63, 3.8) is 0 Å². The third kappa shape index (κ3) is 5.67. The van der Waals surface area contributed by atoms with Gasteiger partial charge in [0, 0.05) is 0 Å². The van der Waals surface area contributed by atoms with Crippen molar-refractivity contribution in [1.29, 1.82) is 0 Å². The average Bonchev–Trinajstić information content (AvgIpc) is 3.48. The monoisotopic (exact) mass is 704 g/mol. The van der Waals surface area contributed by atoms with Crippen LogP contribution in [-0.4, -0.2) is 8.07 Å². The number of hydrogen-bond acceptors (Lipinski definition) is 0. The second-order valence-electron chi connectivity index (χ2n) is 11.5. The fraction of sp³-hybridized carbons (Fsp3) is 0.158. The molecule has 0 aromatic heterocycles. The van der Waals surface area contributed by atoms with Crippen molar-refractivity contribution in [3.8, 4) is 22.3 Å². The van der Waals surface area contributed by atoms with Crippen LogP contribution in [0.5, 0.6) is 0 Å². The van der Waals surface area contributed by atoms with E-state index in [1.807, 2.05) is 0 Å². The summed E-state index contributed by atoms with van der Waals surface area (Å²) in [6.45, 7) is 13.8. The molecule has 200 valence electrons. The fourth-order valence-electron chi connectivity index (χ4n) is 6.12.